The molecule has 0 saturated carbocycles. The van der Waals surface area contributed by atoms with Gasteiger partial charge in [-0.2, -0.15) is 0 Å². The van der Waals surface area contributed by atoms with Crippen LogP contribution in [0.2, 0.25) is 0 Å². The van der Waals surface area contributed by atoms with E-state index in [4.69, 9.17) is 10.9 Å². The van der Waals surface area contributed by atoms with Crippen LogP contribution in [0, 0.1) is 0 Å². The van der Waals surface area contributed by atoms with Crippen molar-refractivity contribution in [2.24, 2.45) is 5.14 Å². The van der Waals surface area contributed by atoms with Crippen LogP contribution >= 0.6 is 15.9 Å². The van der Waals surface area contributed by atoms with Crippen LogP contribution in [-0.2, 0) is 10.0 Å². The van der Waals surface area contributed by atoms with Crippen molar-refractivity contribution in [1.82, 2.24) is 0 Å². The summed E-state index contributed by atoms with van der Waals surface area (Å²) in [4.78, 5) is -0.905. The summed E-state index contributed by atoms with van der Waals surface area (Å²) in [7, 11) is -4.42. The van der Waals surface area contributed by atoms with E-state index in [1.54, 1.807) is 0 Å². The van der Waals surface area contributed by atoms with Gasteiger partial charge in [0.1, 0.15) is 4.90 Å². The van der Waals surface area contributed by atoms with Gasteiger partial charge in [0, 0.05) is 4.47 Å². The Morgan fingerprint density at radius 3 is 2.24 bits per heavy atom. The molecular formula is C7H6BrF3N2O3S. The predicted molar refractivity (Wildman–Crippen MR) is 56.6 cm³/mol. The molecule has 0 bridgehead atoms. The minimum absolute atomic E-state index is 0.127. The average Bonchev–Trinajstić information content (AvgIpc) is 1.94. The molecule has 5 nitrogen and oxygen atoms in total. The Hall–Kier alpha value is -1.00. The lowest BCUT2D eigenvalue weighted by molar-refractivity contribution is -0.275. The molecule has 0 fully saturated rings. The Morgan fingerprint density at radius 2 is 1.82 bits per heavy atom. The third kappa shape index (κ3) is 3.75. The van der Waals surface area contributed by atoms with Crippen LogP contribution in [-0.4, -0.2) is 14.8 Å². The smallest absolute Gasteiger partial charge is 0.404 e. The van der Waals surface area contributed by atoms with Gasteiger partial charge in [-0.25, -0.2) is 13.6 Å². The zero-order valence-corrected chi connectivity index (χ0v) is 10.4. The maximum Gasteiger partial charge on any atom is 0.573 e. The number of hydrogen-bond donors (Lipinski definition) is 2. The molecule has 0 amide bonds. The molecule has 0 aromatic heterocycles. The number of primary sulfonamides is 1. The van der Waals surface area contributed by atoms with Crippen LogP contribution in [0.5, 0.6) is 5.75 Å². The number of hydrogen-bond acceptors (Lipinski definition) is 4. The molecule has 0 aliphatic heterocycles. The van der Waals surface area contributed by atoms with Crippen molar-refractivity contribution in [3.8, 4) is 5.75 Å². The van der Waals surface area contributed by atoms with Gasteiger partial charge in [-0.1, -0.05) is 15.9 Å². The Labute approximate surface area is 103 Å². The first-order chi connectivity index (χ1) is 7.50. The number of alkyl halides is 3. The molecule has 1 aromatic rings. The summed E-state index contributed by atoms with van der Waals surface area (Å²) in [6, 6.07) is 1.91. The van der Waals surface area contributed by atoms with Gasteiger partial charge in [-0.15, -0.1) is 13.2 Å². The Balaban J connectivity index is 3.47. The zero-order chi connectivity index (χ0) is 13.4. The summed E-state index contributed by atoms with van der Waals surface area (Å²) in [6.45, 7) is 0. The lowest BCUT2D eigenvalue weighted by atomic mass is 10.3. The van der Waals surface area contributed by atoms with E-state index >= 15 is 0 Å². The standard InChI is InChI=1S/C7H6BrF3N2O3S/c8-3-1-4(12)6(17(13,14)15)5(2-3)16-7(9,10)11/h1-2H,12H2,(H2,13,14,15). The highest BCUT2D eigenvalue weighted by Crippen LogP contribution is 2.35. The van der Waals surface area contributed by atoms with Crippen LogP contribution < -0.4 is 15.6 Å². The number of rotatable bonds is 2. The summed E-state index contributed by atoms with van der Waals surface area (Å²) in [5.74, 6) is -0.980. The number of benzene rings is 1. The van der Waals surface area contributed by atoms with Gasteiger partial charge in [0.15, 0.2) is 5.75 Å². The van der Waals surface area contributed by atoms with Crippen molar-refractivity contribution < 1.29 is 26.3 Å². The van der Waals surface area contributed by atoms with Gasteiger partial charge in [0.2, 0.25) is 10.0 Å². The molecule has 17 heavy (non-hydrogen) atoms. The fourth-order valence-corrected chi connectivity index (χ4v) is 2.32. The molecule has 0 heterocycles. The van der Waals surface area contributed by atoms with E-state index in [-0.39, 0.29) is 4.47 Å². The number of nitrogens with two attached hydrogens (primary N) is 2. The second-order valence-electron chi connectivity index (χ2n) is 2.92. The maximum absolute atomic E-state index is 12.1. The van der Waals surface area contributed by atoms with Gasteiger partial charge >= 0.3 is 6.36 Å². The van der Waals surface area contributed by atoms with Gasteiger partial charge in [0.05, 0.1) is 5.69 Å². The first-order valence-corrected chi connectivity index (χ1v) is 6.22. The van der Waals surface area contributed by atoms with E-state index in [0.717, 1.165) is 12.1 Å². The molecule has 0 saturated heterocycles. The molecule has 0 radical (unpaired) electrons. The zero-order valence-electron chi connectivity index (χ0n) is 7.95. The van der Waals surface area contributed by atoms with Crippen molar-refractivity contribution in [2.75, 3.05) is 5.73 Å². The molecule has 0 aliphatic carbocycles. The first kappa shape index (κ1) is 14.1. The van der Waals surface area contributed by atoms with Crippen molar-refractivity contribution >= 4 is 31.6 Å². The molecule has 96 valence electrons. The first-order valence-electron chi connectivity index (χ1n) is 3.88. The van der Waals surface area contributed by atoms with E-state index < -0.39 is 32.7 Å². The minimum Gasteiger partial charge on any atom is -0.404 e. The second kappa shape index (κ2) is 4.35. The van der Waals surface area contributed by atoms with Crippen LogP contribution in [0.25, 0.3) is 0 Å². The van der Waals surface area contributed by atoms with E-state index in [1.165, 1.54) is 0 Å². The third-order valence-electron chi connectivity index (χ3n) is 1.56. The average molecular weight is 335 g/mol. The fraction of sp³-hybridized carbons (Fsp3) is 0.143. The lowest BCUT2D eigenvalue weighted by Gasteiger charge is -2.14. The molecular weight excluding hydrogens is 329 g/mol. The van der Waals surface area contributed by atoms with Crippen LogP contribution in [0.4, 0.5) is 18.9 Å². The topological polar surface area (TPSA) is 95.4 Å². The summed E-state index contributed by atoms with van der Waals surface area (Å²) in [5, 5.41) is 4.76. The summed E-state index contributed by atoms with van der Waals surface area (Å²) in [6.07, 6.45) is -5.05. The fourth-order valence-electron chi connectivity index (χ4n) is 1.09. The number of anilines is 1. The van der Waals surface area contributed by atoms with Crippen molar-refractivity contribution in [3.05, 3.63) is 16.6 Å². The SMILES string of the molecule is Nc1cc(Br)cc(OC(F)(F)F)c1S(N)(=O)=O. The van der Waals surface area contributed by atoms with Crippen LogP contribution in [0.3, 0.4) is 0 Å². The highest BCUT2D eigenvalue weighted by Gasteiger charge is 2.34. The summed E-state index contributed by atoms with van der Waals surface area (Å²) < 4.78 is 62.1. The molecule has 0 spiro atoms. The number of nitrogen functional groups attached to an aromatic ring is 1. The molecule has 10 heteroatoms. The maximum atomic E-state index is 12.1. The van der Waals surface area contributed by atoms with Gasteiger partial charge in [-0.05, 0) is 12.1 Å². The van der Waals surface area contributed by atoms with E-state index in [1.807, 2.05) is 0 Å². The van der Waals surface area contributed by atoms with Gasteiger partial charge < -0.3 is 10.5 Å². The molecule has 0 atom stereocenters. The Morgan fingerprint density at radius 1 is 1.29 bits per heavy atom. The van der Waals surface area contributed by atoms with Crippen LogP contribution in [0.1, 0.15) is 0 Å². The van der Waals surface area contributed by atoms with Crippen molar-refractivity contribution in [3.63, 3.8) is 0 Å². The Kier molecular flexibility index (Phi) is 3.60. The number of ether oxygens (including phenoxy) is 1. The number of halogens is 4. The monoisotopic (exact) mass is 334 g/mol. The third-order valence-corrected chi connectivity index (χ3v) is 3.02. The summed E-state index contributed by atoms with van der Waals surface area (Å²) in [5.41, 5.74) is 4.85. The second-order valence-corrected chi connectivity index (χ2v) is 5.33. The normalized spacial score (nSPS) is 12.5. The molecule has 1 rings (SSSR count). The summed E-state index contributed by atoms with van der Waals surface area (Å²) >= 11 is 2.86. The number of sulfonamides is 1. The van der Waals surface area contributed by atoms with E-state index in [0.29, 0.717) is 0 Å². The highest BCUT2D eigenvalue weighted by atomic mass is 79.9. The lowest BCUT2D eigenvalue weighted by Crippen LogP contribution is -2.22. The largest absolute Gasteiger partial charge is 0.573 e. The molecule has 0 aliphatic rings. The van der Waals surface area contributed by atoms with E-state index in [9.17, 15) is 21.6 Å². The van der Waals surface area contributed by atoms with E-state index in [2.05, 4.69) is 20.7 Å². The van der Waals surface area contributed by atoms with Crippen molar-refractivity contribution in [2.45, 2.75) is 11.3 Å². The highest BCUT2D eigenvalue weighted by molar-refractivity contribution is 9.10. The quantitative estimate of drug-likeness (QED) is 0.802. The van der Waals surface area contributed by atoms with Crippen molar-refractivity contribution in [1.29, 1.82) is 0 Å². The Bertz CT molecular complexity index is 544. The molecule has 0 unspecified atom stereocenters. The predicted octanol–water partition coefficient (Wildman–Crippen LogP) is 1.58. The molecule has 1 aromatic carbocycles. The minimum atomic E-state index is -5.05. The van der Waals surface area contributed by atoms with Crippen LogP contribution in [0.15, 0.2) is 21.5 Å². The molecule has 4 N–H and O–H groups in total. The van der Waals surface area contributed by atoms with Gasteiger partial charge in [-0.3, -0.25) is 0 Å². The van der Waals surface area contributed by atoms with Gasteiger partial charge in [0.25, 0.3) is 0 Å².